The Labute approximate surface area is 195 Å². The molecule has 1 N–H and O–H groups in total. The van der Waals surface area contributed by atoms with Crippen LogP contribution in [0.2, 0.25) is 0 Å². The van der Waals surface area contributed by atoms with Crippen molar-refractivity contribution in [1.82, 2.24) is 14.4 Å². The van der Waals surface area contributed by atoms with Crippen molar-refractivity contribution in [2.24, 2.45) is 7.05 Å². The number of anilines is 1. The summed E-state index contributed by atoms with van der Waals surface area (Å²) in [6.45, 7) is 5.11. The van der Waals surface area contributed by atoms with Gasteiger partial charge in [0.1, 0.15) is 12.3 Å². The van der Waals surface area contributed by atoms with Crippen LogP contribution in [0.5, 0.6) is 0 Å². The third-order valence-electron chi connectivity index (χ3n) is 6.07. The molecule has 1 fully saturated rings. The maximum atomic E-state index is 13.4. The highest BCUT2D eigenvalue weighted by Crippen LogP contribution is 2.28. The lowest BCUT2D eigenvalue weighted by molar-refractivity contribution is -0.133. The molecule has 2 heterocycles. The minimum Gasteiger partial charge on any atom is -0.467 e. The number of carbonyl (C=O) groups is 2. The van der Waals surface area contributed by atoms with Gasteiger partial charge >= 0.3 is 6.03 Å². The van der Waals surface area contributed by atoms with E-state index in [1.165, 1.54) is 5.56 Å². The van der Waals surface area contributed by atoms with E-state index in [0.717, 1.165) is 24.2 Å². The van der Waals surface area contributed by atoms with E-state index in [-0.39, 0.29) is 24.5 Å². The molecule has 1 aliphatic carbocycles. The van der Waals surface area contributed by atoms with Crippen LogP contribution < -0.4 is 5.32 Å². The number of hydrogen-bond donors (Lipinski definition) is 1. The molecule has 0 aliphatic heterocycles. The van der Waals surface area contributed by atoms with E-state index in [1.54, 1.807) is 16.1 Å². The number of rotatable bonds is 9. The number of benzene rings is 1. The zero-order valence-electron chi connectivity index (χ0n) is 19.5. The fourth-order valence-electron chi connectivity index (χ4n) is 3.82. The molecular weight excluding hydrogens is 416 g/mol. The molecule has 4 rings (SSSR count). The van der Waals surface area contributed by atoms with E-state index >= 15 is 0 Å². The van der Waals surface area contributed by atoms with Crippen LogP contribution >= 0.6 is 0 Å². The summed E-state index contributed by atoms with van der Waals surface area (Å²) >= 11 is 0. The van der Waals surface area contributed by atoms with E-state index in [2.05, 4.69) is 19.2 Å². The van der Waals surface area contributed by atoms with Gasteiger partial charge in [0.2, 0.25) is 5.91 Å². The van der Waals surface area contributed by atoms with Gasteiger partial charge in [-0.2, -0.15) is 0 Å². The predicted molar refractivity (Wildman–Crippen MR) is 128 cm³/mol. The first-order valence-electron chi connectivity index (χ1n) is 11.5. The Hall–Kier alpha value is -3.48. The van der Waals surface area contributed by atoms with Crippen molar-refractivity contribution in [3.05, 3.63) is 78.0 Å². The number of hydrogen-bond acceptors (Lipinski definition) is 3. The molecular formula is C26H32N4O3. The minimum atomic E-state index is -0.236. The fraction of sp³-hybridized carbons (Fsp3) is 0.385. The van der Waals surface area contributed by atoms with Crippen molar-refractivity contribution in [2.45, 2.75) is 51.7 Å². The third-order valence-corrected chi connectivity index (χ3v) is 6.07. The molecule has 174 valence electrons. The van der Waals surface area contributed by atoms with Crippen LogP contribution in [0.4, 0.5) is 10.5 Å². The van der Waals surface area contributed by atoms with Gasteiger partial charge < -0.3 is 24.1 Å². The molecule has 7 nitrogen and oxygen atoms in total. The van der Waals surface area contributed by atoms with E-state index < -0.39 is 0 Å². The maximum Gasteiger partial charge on any atom is 0.322 e. The van der Waals surface area contributed by atoms with Gasteiger partial charge in [-0.15, -0.1) is 0 Å². The molecule has 3 aromatic rings. The third kappa shape index (κ3) is 5.86. The van der Waals surface area contributed by atoms with Crippen molar-refractivity contribution >= 4 is 17.6 Å². The predicted octanol–water partition coefficient (Wildman–Crippen LogP) is 4.97. The zero-order chi connectivity index (χ0) is 23.4. The topological polar surface area (TPSA) is 70.7 Å². The summed E-state index contributed by atoms with van der Waals surface area (Å²) in [6.07, 6.45) is 5.40. The van der Waals surface area contributed by atoms with Gasteiger partial charge in [0, 0.05) is 30.7 Å². The number of nitrogens with zero attached hydrogens (tertiary/aromatic N) is 3. The van der Waals surface area contributed by atoms with Crippen LogP contribution in [0.25, 0.3) is 0 Å². The molecule has 7 heteroatoms. The van der Waals surface area contributed by atoms with Gasteiger partial charge in [-0.1, -0.05) is 26.0 Å². The summed E-state index contributed by atoms with van der Waals surface area (Å²) in [5, 5.41) is 2.97. The lowest BCUT2D eigenvalue weighted by atomic mass is 10.0. The molecule has 0 atom stereocenters. The van der Waals surface area contributed by atoms with Gasteiger partial charge in [0.05, 0.1) is 19.4 Å². The van der Waals surface area contributed by atoms with Gasteiger partial charge in [0.25, 0.3) is 0 Å². The van der Waals surface area contributed by atoms with Gasteiger partial charge in [-0.05, 0) is 60.7 Å². The SMILES string of the molecule is CC(C)c1ccc(NC(=O)N(CC(=O)N(Cc2ccco2)Cc2cccn2C)C2CC2)cc1. The largest absolute Gasteiger partial charge is 0.467 e. The number of amides is 3. The lowest BCUT2D eigenvalue weighted by Gasteiger charge is -2.27. The first-order valence-corrected chi connectivity index (χ1v) is 11.5. The van der Waals surface area contributed by atoms with Crippen LogP contribution in [-0.2, 0) is 24.9 Å². The van der Waals surface area contributed by atoms with Crippen molar-refractivity contribution < 1.29 is 14.0 Å². The van der Waals surface area contributed by atoms with Crippen molar-refractivity contribution in [2.75, 3.05) is 11.9 Å². The Bertz CT molecular complexity index is 1070. The number of nitrogens with one attached hydrogen (secondary N) is 1. The molecule has 0 unspecified atom stereocenters. The van der Waals surface area contributed by atoms with E-state index in [0.29, 0.717) is 24.8 Å². The van der Waals surface area contributed by atoms with E-state index in [9.17, 15) is 9.59 Å². The molecule has 1 aliphatic rings. The van der Waals surface area contributed by atoms with E-state index in [1.807, 2.05) is 66.3 Å². The second kappa shape index (κ2) is 9.98. The number of carbonyl (C=O) groups excluding carboxylic acids is 2. The lowest BCUT2D eigenvalue weighted by Crippen LogP contribution is -2.45. The van der Waals surface area contributed by atoms with Crippen LogP contribution in [0, 0.1) is 0 Å². The minimum absolute atomic E-state index is 0.0334. The highest BCUT2D eigenvalue weighted by atomic mass is 16.3. The molecule has 2 aromatic heterocycles. The Morgan fingerprint density at radius 1 is 1.09 bits per heavy atom. The maximum absolute atomic E-state index is 13.4. The molecule has 0 bridgehead atoms. The Balaban J connectivity index is 1.45. The summed E-state index contributed by atoms with van der Waals surface area (Å²) in [6, 6.07) is 15.4. The molecule has 33 heavy (non-hydrogen) atoms. The van der Waals surface area contributed by atoms with Gasteiger partial charge in [-0.25, -0.2) is 4.79 Å². The standard InChI is InChI=1S/C26H32N4O3/c1-19(2)20-8-10-21(11-9-20)27-26(32)30(22-12-13-22)18-25(31)29(17-24-7-5-15-33-24)16-23-6-4-14-28(23)3/h4-11,14-15,19,22H,12-13,16-18H2,1-3H3,(H,27,32). The van der Waals surface area contributed by atoms with Crippen molar-refractivity contribution in [3.63, 3.8) is 0 Å². The first-order chi connectivity index (χ1) is 15.9. The van der Waals surface area contributed by atoms with Crippen molar-refractivity contribution in [3.8, 4) is 0 Å². The monoisotopic (exact) mass is 448 g/mol. The normalized spacial score (nSPS) is 13.2. The Morgan fingerprint density at radius 3 is 2.42 bits per heavy atom. The number of aromatic nitrogens is 1. The van der Waals surface area contributed by atoms with Crippen LogP contribution in [-0.4, -0.2) is 38.9 Å². The number of aryl methyl sites for hydroxylation is 1. The van der Waals surface area contributed by atoms with Gasteiger partial charge in [0.15, 0.2) is 0 Å². The van der Waals surface area contributed by atoms with Crippen LogP contribution in [0.3, 0.4) is 0 Å². The van der Waals surface area contributed by atoms with Crippen LogP contribution in [0.15, 0.2) is 65.4 Å². The molecule has 0 spiro atoms. The smallest absolute Gasteiger partial charge is 0.322 e. The fourth-order valence-corrected chi connectivity index (χ4v) is 3.82. The van der Waals surface area contributed by atoms with Gasteiger partial charge in [-0.3, -0.25) is 4.79 Å². The Kier molecular flexibility index (Phi) is 6.87. The average molecular weight is 449 g/mol. The number of furan rings is 1. The summed E-state index contributed by atoms with van der Waals surface area (Å²) in [5.74, 6) is 1.04. The molecule has 3 amide bonds. The summed E-state index contributed by atoms with van der Waals surface area (Å²) in [7, 11) is 1.96. The molecule has 0 radical (unpaired) electrons. The average Bonchev–Trinajstić information content (AvgIpc) is 3.35. The highest BCUT2D eigenvalue weighted by Gasteiger charge is 2.35. The van der Waals surface area contributed by atoms with E-state index in [4.69, 9.17) is 4.42 Å². The molecule has 1 saturated carbocycles. The van der Waals surface area contributed by atoms with Crippen LogP contribution in [0.1, 0.15) is 49.6 Å². The number of urea groups is 1. The first kappa shape index (κ1) is 22.7. The molecule has 1 aromatic carbocycles. The quantitative estimate of drug-likeness (QED) is 0.503. The second-order valence-electron chi connectivity index (χ2n) is 9.01. The Morgan fingerprint density at radius 2 is 1.85 bits per heavy atom. The summed E-state index contributed by atoms with van der Waals surface area (Å²) in [5.41, 5.74) is 2.97. The second-order valence-corrected chi connectivity index (χ2v) is 9.01. The summed E-state index contributed by atoms with van der Waals surface area (Å²) in [4.78, 5) is 29.9. The molecule has 0 saturated heterocycles. The highest BCUT2D eigenvalue weighted by molar-refractivity contribution is 5.92. The zero-order valence-corrected chi connectivity index (χ0v) is 19.5. The van der Waals surface area contributed by atoms with Crippen molar-refractivity contribution in [1.29, 1.82) is 0 Å². The summed E-state index contributed by atoms with van der Waals surface area (Å²) < 4.78 is 7.48.